The van der Waals surface area contributed by atoms with E-state index in [0.29, 0.717) is 37.7 Å². The van der Waals surface area contributed by atoms with E-state index in [9.17, 15) is 17.2 Å². The summed E-state index contributed by atoms with van der Waals surface area (Å²) in [6, 6.07) is 4.04. The van der Waals surface area contributed by atoms with Gasteiger partial charge in [-0.1, -0.05) is 6.07 Å². The van der Waals surface area contributed by atoms with E-state index in [1.54, 1.807) is 0 Å². The molecule has 0 heterocycles. The maximum atomic E-state index is 13.7. The maximum Gasteiger partial charge on any atom is 0.208 e. The second-order valence-corrected chi connectivity index (χ2v) is 7.29. The first-order valence-electron chi connectivity index (χ1n) is 6.98. The van der Waals surface area contributed by atoms with Gasteiger partial charge in [0.15, 0.2) is 0 Å². The average molecular weight is 318 g/mol. The zero-order chi connectivity index (χ0) is 15.5. The van der Waals surface area contributed by atoms with Crippen LogP contribution in [-0.2, 0) is 16.6 Å². The van der Waals surface area contributed by atoms with Gasteiger partial charge in [-0.05, 0) is 25.3 Å². The zero-order valence-electron chi connectivity index (χ0n) is 12.0. The minimum atomic E-state index is -3.17. The Balaban J connectivity index is 1.87. The lowest BCUT2D eigenvalue weighted by Crippen LogP contribution is -2.31. The van der Waals surface area contributed by atoms with Gasteiger partial charge < -0.3 is 0 Å². The van der Waals surface area contributed by atoms with Crippen molar-refractivity contribution in [1.29, 1.82) is 0 Å². The van der Waals surface area contributed by atoms with Crippen molar-refractivity contribution >= 4 is 10.0 Å². The Morgan fingerprint density at radius 3 is 2.62 bits per heavy atom. The summed E-state index contributed by atoms with van der Waals surface area (Å²) in [6.45, 7) is 1.48. The number of hydrogen-bond donors (Lipinski definition) is 1. The van der Waals surface area contributed by atoms with Crippen LogP contribution in [0.5, 0.6) is 0 Å². The van der Waals surface area contributed by atoms with Crippen molar-refractivity contribution in [3.05, 3.63) is 35.4 Å². The molecule has 0 unspecified atom stereocenters. The normalized spacial score (nSPS) is 15.6. The molecule has 4 nitrogen and oxygen atoms in total. The van der Waals surface area contributed by atoms with Gasteiger partial charge in [-0.3, -0.25) is 4.90 Å². The molecule has 1 N–H and O–H groups in total. The second kappa shape index (κ2) is 6.81. The standard InChI is InChI=1S/C14H20F2N2O2S/c1-21(19,20)17-7-2-8-18(13-5-6-13)10-11-3-4-12(15)9-14(11)16/h3-4,9,13,17H,2,5-8,10H2,1H3. The van der Waals surface area contributed by atoms with Gasteiger partial charge in [0.2, 0.25) is 10.0 Å². The lowest BCUT2D eigenvalue weighted by molar-refractivity contribution is 0.248. The number of nitrogens with one attached hydrogen (secondary N) is 1. The molecule has 1 aromatic carbocycles. The topological polar surface area (TPSA) is 49.4 Å². The third kappa shape index (κ3) is 5.68. The fourth-order valence-corrected chi connectivity index (χ4v) is 2.75. The van der Waals surface area contributed by atoms with E-state index in [-0.39, 0.29) is 0 Å². The molecular formula is C14H20F2N2O2S. The van der Waals surface area contributed by atoms with E-state index < -0.39 is 21.7 Å². The Hall–Kier alpha value is -1.05. The molecule has 0 atom stereocenters. The van der Waals surface area contributed by atoms with E-state index in [1.165, 1.54) is 12.1 Å². The van der Waals surface area contributed by atoms with Crippen LogP contribution in [0.1, 0.15) is 24.8 Å². The van der Waals surface area contributed by atoms with E-state index in [1.807, 2.05) is 0 Å². The van der Waals surface area contributed by atoms with Crippen molar-refractivity contribution in [2.75, 3.05) is 19.3 Å². The fourth-order valence-electron chi connectivity index (χ4n) is 2.24. The minimum Gasteiger partial charge on any atom is -0.296 e. The Bertz CT molecular complexity index is 589. The Kier molecular flexibility index (Phi) is 5.29. The molecule has 0 bridgehead atoms. The number of rotatable bonds is 8. The monoisotopic (exact) mass is 318 g/mol. The smallest absolute Gasteiger partial charge is 0.208 e. The van der Waals surface area contributed by atoms with Crippen LogP contribution in [0.15, 0.2) is 18.2 Å². The summed E-state index contributed by atoms with van der Waals surface area (Å²) in [7, 11) is -3.17. The molecule has 1 fully saturated rings. The number of benzene rings is 1. The molecule has 0 aliphatic heterocycles. The highest BCUT2D eigenvalue weighted by Gasteiger charge is 2.29. The molecule has 1 saturated carbocycles. The summed E-state index contributed by atoms with van der Waals surface area (Å²) >= 11 is 0. The van der Waals surface area contributed by atoms with Gasteiger partial charge in [0.1, 0.15) is 11.6 Å². The van der Waals surface area contributed by atoms with Gasteiger partial charge in [0, 0.05) is 37.3 Å². The van der Waals surface area contributed by atoms with Crippen LogP contribution in [0.2, 0.25) is 0 Å². The van der Waals surface area contributed by atoms with Gasteiger partial charge in [-0.2, -0.15) is 0 Å². The summed E-state index contributed by atoms with van der Waals surface area (Å²) in [5.74, 6) is -1.11. The highest BCUT2D eigenvalue weighted by atomic mass is 32.2. The maximum absolute atomic E-state index is 13.7. The molecule has 0 spiro atoms. The number of nitrogens with zero attached hydrogens (tertiary/aromatic N) is 1. The molecule has 2 rings (SSSR count). The van der Waals surface area contributed by atoms with Gasteiger partial charge in [-0.25, -0.2) is 21.9 Å². The van der Waals surface area contributed by atoms with Crippen LogP contribution in [0, 0.1) is 11.6 Å². The molecule has 0 aromatic heterocycles. The van der Waals surface area contributed by atoms with Crippen LogP contribution >= 0.6 is 0 Å². The quantitative estimate of drug-likeness (QED) is 0.745. The lowest BCUT2D eigenvalue weighted by atomic mass is 10.2. The summed E-state index contributed by atoms with van der Waals surface area (Å²) in [4.78, 5) is 2.13. The molecular weight excluding hydrogens is 298 g/mol. The summed E-state index contributed by atoms with van der Waals surface area (Å²) in [6.07, 6.45) is 3.93. The van der Waals surface area contributed by atoms with Crippen molar-refractivity contribution < 1.29 is 17.2 Å². The van der Waals surface area contributed by atoms with Gasteiger partial charge in [0.05, 0.1) is 6.26 Å². The molecule has 1 aliphatic carbocycles. The first-order valence-corrected chi connectivity index (χ1v) is 8.87. The van der Waals surface area contributed by atoms with E-state index >= 15 is 0 Å². The fraction of sp³-hybridized carbons (Fsp3) is 0.571. The molecule has 118 valence electrons. The third-order valence-electron chi connectivity index (χ3n) is 3.44. The van der Waals surface area contributed by atoms with Gasteiger partial charge in [-0.15, -0.1) is 0 Å². The van der Waals surface area contributed by atoms with Crippen molar-refractivity contribution in [2.45, 2.75) is 31.8 Å². The summed E-state index contributed by atoms with van der Waals surface area (Å²) < 4.78 is 51.0. The van der Waals surface area contributed by atoms with Crippen LogP contribution in [-0.4, -0.2) is 38.7 Å². The Morgan fingerprint density at radius 2 is 2.05 bits per heavy atom. The van der Waals surface area contributed by atoms with Crippen molar-refractivity contribution in [3.63, 3.8) is 0 Å². The first-order chi connectivity index (χ1) is 9.85. The van der Waals surface area contributed by atoms with Crippen LogP contribution in [0.3, 0.4) is 0 Å². The lowest BCUT2D eigenvalue weighted by Gasteiger charge is -2.22. The average Bonchev–Trinajstić information content (AvgIpc) is 3.18. The summed E-state index contributed by atoms with van der Waals surface area (Å²) in [5.41, 5.74) is 0.472. The van der Waals surface area contributed by atoms with Crippen molar-refractivity contribution in [1.82, 2.24) is 9.62 Å². The van der Waals surface area contributed by atoms with E-state index in [2.05, 4.69) is 9.62 Å². The highest BCUT2D eigenvalue weighted by Crippen LogP contribution is 2.28. The van der Waals surface area contributed by atoms with Gasteiger partial charge >= 0.3 is 0 Å². The number of halogens is 2. The molecule has 21 heavy (non-hydrogen) atoms. The molecule has 0 saturated heterocycles. The van der Waals surface area contributed by atoms with Crippen LogP contribution < -0.4 is 4.72 Å². The van der Waals surface area contributed by atoms with Crippen molar-refractivity contribution in [2.24, 2.45) is 0 Å². The first kappa shape index (κ1) is 16.3. The molecule has 0 radical (unpaired) electrons. The molecule has 1 aromatic rings. The Morgan fingerprint density at radius 1 is 1.33 bits per heavy atom. The number of hydrogen-bond acceptors (Lipinski definition) is 3. The second-order valence-electron chi connectivity index (χ2n) is 5.46. The zero-order valence-corrected chi connectivity index (χ0v) is 12.8. The number of sulfonamides is 1. The van der Waals surface area contributed by atoms with Crippen LogP contribution in [0.4, 0.5) is 8.78 Å². The molecule has 7 heteroatoms. The van der Waals surface area contributed by atoms with E-state index in [0.717, 1.165) is 25.2 Å². The van der Waals surface area contributed by atoms with E-state index in [4.69, 9.17) is 0 Å². The SMILES string of the molecule is CS(=O)(=O)NCCCN(Cc1ccc(F)cc1F)C1CC1. The van der Waals surface area contributed by atoms with Gasteiger partial charge in [0.25, 0.3) is 0 Å². The predicted octanol–water partition coefficient (Wildman–Crippen LogP) is 1.87. The third-order valence-corrected chi connectivity index (χ3v) is 4.17. The van der Waals surface area contributed by atoms with Crippen LogP contribution in [0.25, 0.3) is 0 Å². The minimum absolute atomic E-state index is 0.369. The predicted molar refractivity (Wildman–Crippen MR) is 77.3 cm³/mol. The molecule has 0 amide bonds. The molecule has 1 aliphatic rings. The summed E-state index contributed by atoms with van der Waals surface area (Å²) in [5, 5.41) is 0. The highest BCUT2D eigenvalue weighted by molar-refractivity contribution is 7.88. The largest absolute Gasteiger partial charge is 0.296 e. The van der Waals surface area contributed by atoms with Crippen molar-refractivity contribution in [3.8, 4) is 0 Å². The Labute approximate surface area is 124 Å².